The van der Waals surface area contributed by atoms with Crippen LogP contribution < -0.4 is 5.32 Å². The first-order valence-corrected chi connectivity index (χ1v) is 12.1. The van der Waals surface area contributed by atoms with Gasteiger partial charge in [0, 0.05) is 27.7 Å². The molecule has 0 saturated carbocycles. The number of hydrogen-bond donors (Lipinski definition) is 1. The van der Waals surface area contributed by atoms with Gasteiger partial charge in [-0.15, -0.1) is 0 Å². The largest absolute Gasteiger partial charge is 0.463 e. The number of esters is 4. The highest BCUT2D eigenvalue weighted by atomic mass is 32.2. The lowest BCUT2D eigenvalue weighted by molar-refractivity contribution is -0.237. The van der Waals surface area contributed by atoms with Crippen LogP contribution in [0.15, 0.2) is 41.0 Å². The summed E-state index contributed by atoms with van der Waals surface area (Å²) in [7, 11) is 0. The Morgan fingerprint density at radius 1 is 0.919 bits per heavy atom. The number of amidine groups is 1. The highest BCUT2D eigenvalue weighted by Crippen LogP contribution is 2.35. The minimum Gasteiger partial charge on any atom is -0.463 e. The summed E-state index contributed by atoms with van der Waals surface area (Å²) in [6.45, 7) is 4.25. The Hall–Kier alpha value is -3.71. The SMILES string of the molecule is CC(=O)OC[C@@H]1O[C@H](SC2=N/C(=C\c3ccccc3)C(=O)N2)[C@H](OC(C)=O)[C@H](OC(C)=O)[C@@H]1OC(C)=O. The predicted molar refractivity (Wildman–Crippen MR) is 130 cm³/mol. The van der Waals surface area contributed by atoms with Crippen molar-refractivity contribution >= 4 is 52.8 Å². The minimum absolute atomic E-state index is 0.132. The second-order valence-electron chi connectivity index (χ2n) is 8.00. The van der Waals surface area contributed by atoms with Crippen molar-refractivity contribution < 1.29 is 47.7 Å². The standard InChI is InChI=1S/C24H26N2O10S/c1-12(27)32-11-18-19(33-13(2)28)20(34-14(3)29)21(35-15(4)30)23(36-18)37-24-25-17(22(31)26-24)10-16-8-6-5-7-9-16/h5-10,18-21,23H,11H2,1-4H3,(H,25,26,31)/b17-10-/t18-,19+,20+,21+,23+/m0/s1. The van der Waals surface area contributed by atoms with Crippen LogP contribution in [-0.4, -0.2) is 71.4 Å². The van der Waals surface area contributed by atoms with E-state index in [0.717, 1.165) is 38.1 Å². The number of hydrogen-bond acceptors (Lipinski definition) is 12. The molecule has 12 nitrogen and oxygen atoms in total. The Balaban J connectivity index is 1.94. The van der Waals surface area contributed by atoms with Crippen LogP contribution in [-0.2, 0) is 47.7 Å². The molecule has 0 spiro atoms. The molecule has 1 saturated heterocycles. The van der Waals surface area contributed by atoms with Crippen molar-refractivity contribution in [2.75, 3.05) is 6.61 Å². The van der Waals surface area contributed by atoms with Crippen molar-refractivity contribution in [2.45, 2.75) is 57.5 Å². The van der Waals surface area contributed by atoms with Crippen molar-refractivity contribution in [1.29, 1.82) is 0 Å². The summed E-state index contributed by atoms with van der Waals surface area (Å²) in [5.41, 5.74) is -0.204. The van der Waals surface area contributed by atoms with E-state index >= 15 is 0 Å². The fourth-order valence-electron chi connectivity index (χ4n) is 3.60. The van der Waals surface area contributed by atoms with Gasteiger partial charge in [0.05, 0.1) is 0 Å². The number of ether oxygens (including phenoxy) is 5. The van der Waals surface area contributed by atoms with Gasteiger partial charge in [-0.05, 0) is 11.6 Å². The summed E-state index contributed by atoms with van der Waals surface area (Å²) in [6.07, 6.45) is -3.36. The van der Waals surface area contributed by atoms with E-state index in [2.05, 4.69) is 10.3 Å². The molecular formula is C24H26N2O10S. The smallest absolute Gasteiger partial charge is 0.303 e. The van der Waals surface area contributed by atoms with Crippen molar-refractivity contribution in [2.24, 2.45) is 4.99 Å². The van der Waals surface area contributed by atoms with E-state index in [1.807, 2.05) is 18.2 Å². The van der Waals surface area contributed by atoms with E-state index < -0.39 is 59.6 Å². The van der Waals surface area contributed by atoms with Crippen LogP contribution in [0.1, 0.15) is 33.3 Å². The van der Waals surface area contributed by atoms with Gasteiger partial charge >= 0.3 is 23.9 Å². The molecule has 1 amide bonds. The van der Waals surface area contributed by atoms with Crippen molar-refractivity contribution in [3.8, 4) is 0 Å². The number of aliphatic imine (C=N–C) groups is 1. The number of carbonyl (C=O) groups excluding carboxylic acids is 5. The lowest BCUT2D eigenvalue weighted by Gasteiger charge is -2.44. The molecule has 3 rings (SSSR count). The molecule has 1 fully saturated rings. The Kier molecular flexibility index (Phi) is 9.42. The van der Waals surface area contributed by atoms with Gasteiger partial charge in [-0.1, -0.05) is 42.1 Å². The monoisotopic (exact) mass is 534 g/mol. The van der Waals surface area contributed by atoms with E-state index in [4.69, 9.17) is 23.7 Å². The fraction of sp³-hybridized carbons (Fsp3) is 0.417. The molecule has 2 heterocycles. The molecule has 0 aliphatic carbocycles. The molecule has 198 valence electrons. The molecule has 37 heavy (non-hydrogen) atoms. The van der Waals surface area contributed by atoms with E-state index in [1.165, 1.54) is 6.92 Å². The summed E-state index contributed by atoms with van der Waals surface area (Å²) in [5.74, 6) is -3.27. The molecule has 0 unspecified atom stereocenters. The van der Waals surface area contributed by atoms with Gasteiger partial charge in [0.1, 0.15) is 18.4 Å². The molecule has 13 heteroatoms. The van der Waals surface area contributed by atoms with Gasteiger partial charge in [0.15, 0.2) is 28.9 Å². The number of rotatable bonds is 7. The van der Waals surface area contributed by atoms with E-state index in [-0.39, 0.29) is 17.5 Å². The predicted octanol–water partition coefficient (Wildman–Crippen LogP) is 1.33. The average Bonchev–Trinajstić information content (AvgIpc) is 3.14. The molecule has 1 N–H and O–H groups in total. The molecule has 2 aliphatic heterocycles. The zero-order chi connectivity index (χ0) is 27.1. The van der Waals surface area contributed by atoms with E-state index in [1.54, 1.807) is 18.2 Å². The number of nitrogens with one attached hydrogen (secondary N) is 1. The lowest BCUT2D eigenvalue weighted by Crippen LogP contribution is -2.61. The van der Waals surface area contributed by atoms with Crippen LogP contribution >= 0.6 is 11.8 Å². The molecular weight excluding hydrogens is 508 g/mol. The van der Waals surface area contributed by atoms with Crippen LogP contribution in [0.3, 0.4) is 0 Å². The summed E-state index contributed by atoms with van der Waals surface area (Å²) >= 11 is 0.892. The second kappa shape index (κ2) is 12.5. The van der Waals surface area contributed by atoms with E-state index in [9.17, 15) is 24.0 Å². The fourth-order valence-corrected chi connectivity index (χ4v) is 4.67. The zero-order valence-corrected chi connectivity index (χ0v) is 21.3. The maximum atomic E-state index is 12.5. The number of nitrogens with zero attached hydrogens (tertiary/aromatic N) is 1. The molecule has 0 radical (unpaired) electrons. The van der Waals surface area contributed by atoms with Gasteiger partial charge in [-0.3, -0.25) is 29.3 Å². The van der Waals surface area contributed by atoms with Gasteiger partial charge in [-0.25, -0.2) is 4.99 Å². The van der Waals surface area contributed by atoms with Gasteiger partial charge in [0.2, 0.25) is 0 Å². The average molecular weight is 535 g/mol. The third-order valence-electron chi connectivity index (χ3n) is 4.95. The first kappa shape index (κ1) is 27.9. The van der Waals surface area contributed by atoms with Crippen molar-refractivity contribution in [1.82, 2.24) is 5.32 Å². The third-order valence-corrected chi connectivity index (χ3v) is 5.98. The quantitative estimate of drug-likeness (QED) is 0.306. The maximum Gasteiger partial charge on any atom is 0.303 e. The molecule has 1 aromatic rings. The number of thioether (sulfide) groups is 1. The topological polar surface area (TPSA) is 156 Å². The molecule has 1 aromatic carbocycles. The maximum absolute atomic E-state index is 12.5. The Labute approximate surface area is 216 Å². The molecule has 5 atom stereocenters. The van der Waals surface area contributed by atoms with Crippen LogP contribution in [0, 0.1) is 0 Å². The lowest BCUT2D eigenvalue weighted by atomic mass is 9.99. The Morgan fingerprint density at radius 2 is 1.51 bits per heavy atom. The summed E-state index contributed by atoms with van der Waals surface area (Å²) in [5, 5.41) is 2.75. The number of benzene rings is 1. The Bertz CT molecular complexity index is 1120. The van der Waals surface area contributed by atoms with Gasteiger partial charge < -0.3 is 23.7 Å². The number of carbonyl (C=O) groups is 5. The summed E-state index contributed by atoms with van der Waals surface area (Å²) < 4.78 is 27.2. The van der Waals surface area contributed by atoms with Crippen LogP contribution in [0.5, 0.6) is 0 Å². The normalized spacial score (nSPS) is 26.1. The van der Waals surface area contributed by atoms with Gasteiger partial charge in [0.25, 0.3) is 5.91 Å². The molecule has 2 aliphatic rings. The first-order valence-electron chi connectivity index (χ1n) is 11.2. The number of amides is 1. The highest BCUT2D eigenvalue weighted by Gasteiger charge is 2.53. The molecule has 0 aromatic heterocycles. The van der Waals surface area contributed by atoms with Gasteiger partial charge in [-0.2, -0.15) is 0 Å². The van der Waals surface area contributed by atoms with Crippen LogP contribution in [0.2, 0.25) is 0 Å². The highest BCUT2D eigenvalue weighted by molar-refractivity contribution is 8.14. The Morgan fingerprint density at radius 3 is 2.11 bits per heavy atom. The molecule has 0 bridgehead atoms. The summed E-state index contributed by atoms with van der Waals surface area (Å²) in [4.78, 5) is 64.0. The summed E-state index contributed by atoms with van der Waals surface area (Å²) in [6, 6.07) is 9.08. The zero-order valence-electron chi connectivity index (χ0n) is 20.5. The minimum atomic E-state index is -1.31. The first-order chi connectivity index (χ1) is 17.5. The van der Waals surface area contributed by atoms with Crippen LogP contribution in [0.25, 0.3) is 6.08 Å². The van der Waals surface area contributed by atoms with E-state index in [0.29, 0.717) is 0 Å². The van der Waals surface area contributed by atoms with Crippen molar-refractivity contribution in [3.05, 3.63) is 41.6 Å². The van der Waals surface area contributed by atoms with Crippen LogP contribution in [0.4, 0.5) is 0 Å². The van der Waals surface area contributed by atoms with Crippen molar-refractivity contribution in [3.63, 3.8) is 0 Å². The second-order valence-corrected chi connectivity index (χ2v) is 9.08. The third kappa shape index (κ3) is 7.89.